The van der Waals surface area contributed by atoms with Crippen LogP contribution in [-0.2, 0) is 10.0 Å². The molecule has 1 unspecified atom stereocenters. The molecule has 1 heterocycles. The van der Waals surface area contributed by atoms with Gasteiger partial charge in [0.1, 0.15) is 10.6 Å². The largest absolute Gasteiger partial charge is 0.495 e. The fourth-order valence-electron chi connectivity index (χ4n) is 3.31. The number of methoxy groups -OCH3 is 1. The van der Waals surface area contributed by atoms with Gasteiger partial charge in [-0.15, -0.1) is 0 Å². The highest BCUT2D eigenvalue weighted by Gasteiger charge is 2.26. The third-order valence-electron chi connectivity index (χ3n) is 5.04. The Hall–Kier alpha value is -2.05. The Balaban J connectivity index is 1.67. The Morgan fingerprint density at radius 3 is 2.54 bits per heavy atom. The molecule has 1 aliphatic heterocycles. The first-order valence-corrected chi connectivity index (χ1v) is 10.3. The first kappa shape index (κ1) is 18.7. The van der Waals surface area contributed by atoms with Crippen molar-refractivity contribution in [1.82, 2.24) is 4.72 Å². The molecular weight excluding hydrogens is 348 g/mol. The van der Waals surface area contributed by atoms with E-state index in [1.54, 1.807) is 12.1 Å². The smallest absolute Gasteiger partial charge is 0.244 e. The van der Waals surface area contributed by atoms with Crippen molar-refractivity contribution in [3.8, 4) is 5.75 Å². The first-order valence-electron chi connectivity index (χ1n) is 8.85. The number of hydrogen-bond acceptors (Lipinski definition) is 4. The van der Waals surface area contributed by atoms with Gasteiger partial charge in [-0.2, -0.15) is 0 Å². The summed E-state index contributed by atoms with van der Waals surface area (Å²) in [7, 11) is -2.11. The van der Waals surface area contributed by atoms with Gasteiger partial charge in [-0.05, 0) is 61.6 Å². The van der Waals surface area contributed by atoms with Gasteiger partial charge < -0.3 is 9.64 Å². The second-order valence-corrected chi connectivity index (χ2v) is 8.61. The zero-order valence-electron chi connectivity index (χ0n) is 15.5. The average molecular weight is 375 g/mol. The lowest BCUT2D eigenvalue weighted by atomic mass is 10.1. The van der Waals surface area contributed by atoms with Gasteiger partial charge in [-0.1, -0.05) is 18.2 Å². The molecule has 1 saturated heterocycles. The van der Waals surface area contributed by atoms with E-state index >= 15 is 0 Å². The monoisotopic (exact) mass is 374 g/mol. The van der Waals surface area contributed by atoms with Crippen molar-refractivity contribution in [2.24, 2.45) is 5.92 Å². The zero-order chi connectivity index (χ0) is 18.7. The molecule has 1 aliphatic rings. The van der Waals surface area contributed by atoms with E-state index in [0.29, 0.717) is 18.2 Å². The van der Waals surface area contributed by atoms with Gasteiger partial charge in [0.2, 0.25) is 10.0 Å². The predicted octanol–water partition coefficient (Wildman–Crippen LogP) is 3.12. The van der Waals surface area contributed by atoms with Crippen LogP contribution in [0.1, 0.15) is 17.5 Å². The van der Waals surface area contributed by atoms with Crippen molar-refractivity contribution < 1.29 is 13.2 Å². The maximum Gasteiger partial charge on any atom is 0.244 e. The lowest BCUT2D eigenvalue weighted by Gasteiger charge is -2.19. The summed E-state index contributed by atoms with van der Waals surface area (Å²) in [4.78, 5) is 2.51. The second-order valence-electron chi connectivity index (χ2n) is 6.88. The van der Waals surface area contributed by atoms with Gasteiger partial charge in [-0.3, -0.25) is 0 Å². The van der Waals surface area contributed by atoms with Crippen LogP contribution >= 0.6 is 0 Å². The van der Waals surface area contributed by atoms with Gasteiger partial charge >= 0.3 is 0 Å². The predicted molar refractivity (Wildman–Crippen MR) is 104 cm³/mol. The number of anilines is 1. The van der Waals surface area contributed by atoms with E-state index in [1.165, 1.54) is 12.8 Å². The molecule has 0 saturated carbocycles. The van der Waals surface area contributed by atoms with E-state index in [9.17, 15) is 8.42 Å². The van der Waals surface area contributed by atoms with Gasteiger partial charge in [0.15, 0.2) is 0 Å². The Kier molecular flexibility index (Phi) is 5.53. The number of aryl methyl sites for hydroxylation is 2. The Morgan fingerprint density at radius 1 is 1.15 bits per heavy atom. The second kappa shape index (κ2) is 7.68. The summed E-state index contributed by atoms with van der Waals surface area (Å²) in [5, 5.41) is 0. The van der Waals surface area contributed by atoms with Crippen LogP contribution in [0, 0.1) is 19.8 Å². The molecule has 2 aromatic rings. The number of para-hydroxylation sites is 1. The van der Waals surface area contributed by atoms with Crippen molar-refractivity contribution >= 4 is 15.7 Å². The number of nitrogens with one attached hydrogen (secondary N) is 1. The van der Waals surface area contributed by atoms with Crippen molar-refractivity contribution in [2.75, 3.05) is 31.6 Å². The Morgan fingerprint density at radius 2 is 1.85 bits per heavy atom. The van der Waals surface area contributed by atoms with E-state index < -0.39 is 10.0 Å². The molecule has 0 aliphatic carbocycles. The molecular formula is C20H26N2O3S. The number of ether oxygens (including phenoxy) is 1. The van der Waals surface area contributed by atoms with E-state index in [1.807, 2.05) is 32.0 Å². The standard InChI is InChI=1S/C20H26N2O3S/c1-15-11-19(25-3)20(12-16(15)2)26(23,24)21-13-17-9-10-22(14-17)18-7-5-4-6-8-18/h4-8,11-12,17,21H,9-10,13-14H2,1-3H3. The maximum atomic E-state index is 12.8. The highest BCUT2D eigenvalue weighted by atomic mass is 32.2. The van der Waals surface area contributed by atoms with Gasteiger partial charge in [0.25, 0.3) is 0 Å². The van der Waals surface area contributed by atoms with Crippen LogP contribution in [-0.4, -0.2) is 35.2 Å². The fraction of sp³-hybridized carbons (Fsp3) is 0.400. The topological polar surface area (TPSA) is 58.6 Å². The number of nitrogens with zero attached hydrogens (tertiary/aromatic N) is 1. The highest BCUT2D eigenvalue weighted by molar-refractivity contribution is 7.89. The molecule has 6 heteroatoms. The first-order chi connectivity index (χ1) is 12.4. The van der Waals surface area contributed by atoms with Crippen molar-refractivity contribution in [3.63, 3.8) is 0 Å². The molecule has 2 aromatic carbocycles. The Bertz CT molecular complexity index is 866. The van der Waals surface area contributed by atoms with Crippen LogP contribution < -0.4 is 14.4 Å². The van der Waals surface area contributed by atoms with Crippen molar-refractivity contribution in [2.45, 2.75) is 25.2 Å². The van der Waals surface area contributed by atoms with Crippen molar-refractivity contribution in [1.29, 1.82) is 0 Å². The molecule has 0 aromatic heterocycles. The van der Waals surface area contributed by atoms with Crippen LogP contribution in [0.4, 0.5) is 5.69 Å². The zero-order valence-corrected chi connectivity index (χ0v) is 16.3. The Labute approximate surface area is 156 Å². The molecule has 5 nitrogen and oxygen atoms in total. The summed E-state index contributed by atoms with van der Waals surface area (Å²) in [6.07, 6.45) is 0.974. The van der Waals surface area contributed by atoms with Gasteiger partial charge in [0.05, 0.1) is 7.11 Å². The summed E-state index contributed by atoms with van der Waals surface area (Å²) in [5.41, 5.74) is 3.13. The van der Waals surface area contributed by atoms with Crippen LogP contribution in [0.3, 0.4) is 0 Å². The van der Waals surface area contributed by atoms with E-state index in [0.717, 1.165) is 30.6 Å². The van der Waals surface area contributed by atoms with E-state index in [-0.39, 0.29) is 4.90 Å². The number of benzene rings is 2. The minimum atomic E-state index is -3.61. The third-order valence-corrected chi connectivity index (χ3v) is 6.48. The molecule has 0 amide bonds. The summed E-state index contributed by atoms with van der Waals surface area (Å²) in [6, 6.07) is 13.7. The molecule has 1 N–H and O–H groups in total. The number of hydrogen-bond donors (Lipinski definition) is 1. The quantitative estimate of drug-likeness (QED) is 0.844. The lowest BCUT2D eigenvalue weighted by molar-refractivity contribution is 0.401. The molecule has 1 fully saturated rings. The van der Waals surface area contributed by atoms with Crippen molar-refractivity contribution in [3.05, 3.63) is 53.6 Å². The highest BCUT2D eigenvalue weighted by Crippen LogP contribution is 2.28. The lowest BCUT2D eigenvalue weighted by Crippen LogP contribution is -2.31. The van der Waals surface area contributed by atoms with Crippen LogP contribution in [0.25, 0.3) is 0 Å². The summed E-state index contributed by atoms with van der Waals surface area (Å²) in [5.74, 6) is 0.681. The summed E-state index contributed by atoms with van der Waals surface area (Å²) in [6.45, 7) is 6.09. The maximum absolute atomic E-state index is 12.8. The molecule has 26 heavy (non-hydrogen) atoms. The third kappa shape index (κ3) is 4.02. The van der Waals surface area contributed by atoms with Gasteiger partial charge in [-0.25, -0.2) is 13.1 Å². The molecule has 140 valence electrons. The van der Waals surface area contributed by atoms with Crippen LogP contribution in [0.15, 0.2) is 47.4 Å². The minimum Gasteiger partial charge on any atom is -0.495 e. The molecule has 3 rings (SSSR count). The summed E-state index contributed by atoms with van der Waals surface area (Å²) >= 11 is 0. The number of rotatable bonds is 6. The molecule has 0 spiro atoms. The van der Waals surface area contributed by atoms with Crippen LogP contribution in [0.5, 0.6) is 5.75 Å². The number of sulfonamides is 1. The molecule has 0 bridgehead atoms. The van der Waals surface area contributed by atoms with E-state index in [4.69, 9.17) is 4.74 Å². The fourth-order valence-corrected chi connectivity index (χ4v) is 4.66. The molecule has 0 radical (unpaired) electrons. The molecule has 1 atom stereocenters. The van der Waals surface area contributed by atoms with Gasteiger partial charge in [0, 0.05) is 25.3 Å². The normalized spacial score (nSPS) is 17.5. The van der Waals surface area contributed by atoms with E-state index in [2.05, 4.69) is 21.8 Å². The minimum absolute atomic E-state index is 0.209. The summed E-state index contributed by atoms with van der Waals surface area (Å²) < 4.78 is 33.6. The average Bonchev–Trinajstić information content (AvgIpc) is 3.12. The van der Waals surface area contributed by atoms with Crippen LogP contribution in [0.2, 0.25) is 0 Å². The SMILES string of the molecule is COc1cc(C)c(C)cc1S(=O)(=O)NCC1CCN(c2ccccc2)C1.